The summed E-state index contributed by atoms with van der Waals surface area (Å²) in [6.45, 7) is 4.32. The predicted molar refractivity (Wildman–Crippen MR) is 177 cm³/mol. The summed E-state index contributed by atoms with van der Waals surface area (Å²) in [5.74, 6) is 0.779. The average molecular weight is 657 g/mol. The van der Waals surface area contributed by atoms with E-state index in [0.717, 1.165) is 55.9 Å². The van der Waals surface area contributed by atoms with Crippen LogP contribution in [0.4, 0.5) is 5.69 Å². The van der Waals surface area contributed by atoms with Crippen molar-refractivity contribution >= 4 is 33.2 Å². The van der Waals surface area contributed by atoms with Gasteiger partial charge >= 0.3 is 0 Å². The molecule has 1 fully saturated rings. The van der Waals surface area contributed by atoms with Crippen LogP contribution in [-0.2, 0) is 31.3 Å². The predicted octanol–water partition coefficient (Wildman–Crippen LogP) is 5.92. The zero-order valence-corrected chi connectivity index (χ0v) is 28.0. The first-order chi connectivity index (χ1) is 21.6. The number of halogens is 1. The van der Waals surface area contributed by atoms with E-state index in [-0.39, 0.29) is 30.5 Å². The van der Waals surface area contributed by atoms with Crippen molar-refractivity contribution < 1.29 is 27.4 Å². The fraction of sp³-hybridized carbons (Fsp3) is 0.571. The maximum absolute atomic E-state index is 13.6. The molecule has 0 saturated heterocycles. The number of sulfonamides is 1. The van der Waals surface area contributed by atoms with Crippen LogP contribution in [0.25, 0.3) is 0 Å². The normalized spacial score (nSPS) is 31.9. The van der Waals surface area contributed by atoms with Crippen LogP contribution in [0.2, 0.25) is 5.02 Å². The number of nitrogens with one attached hydrogen (secondary N) is 1. The Balaban J connectivity index is 1.42. The Labute approximate surface area is 272 Å². The van der Waals surface area contributed by atoms with E-state index in [1.54, 1.807) is 20.3 Å². The highest BCUT2D eigenvalue weighted by Gasteiger charge is 2.44. The molecule has 244 valence electrons. The maximum atomic E-state index is 13.6. The second kappa shape index (κ2) is 13.3. The first kappa shape index (κ1) is 32.4. The lowest BCUT2D eigenvalue weighted by atomic mass is 9.68. The Morgan fingerprint density at radius 2 is 1.98 bits per heavy atom. The molecule has 1 spiro atoms. The lowest BCUT2D eigenvalue weighted by Crippen LogP contribution is -2.49. The van der Waals surface area contributed by atoms with Gasteiger partial charge in [0.25, 0.3) is 5.91 Å². The molecule has 10 heteroatoms. The lowest BCUT2D eigenvalue weighted by Gasteiger charge is -2.46. The van der Waals surface area contributed by atoms with Crippen LogP contribution >= 0.6 is 11.6 Å². The van der Waals surface area contributed by atoms with Crippen molar-refractivity contribution in [1.29, 1.82) is 0 Å². The molecule has 6 rings (SSSR count). The maximum Gasteiger partial charge on any atom is 0.264 e. The van der Waals surface area contributed by atoms with Gasteiger partial charge in [0.05, 0.1) is 23.6 Å². The van der Waals surface area contributed by atoms with Crippen LogP contribution in [0.1, 0.15) is 66.9 Å². The highest BCUT2D eigenvalue weighted by molar-refractivity contribution is 7.90. The number of methoxy groups -OCH3 is 2. The Hall–Kier alpha value is -2.59. The molecule has 2 aromatic rings. The van der Waals surface area contributed by atoms with Gasteiger partial charge in [-0.15, -0.1) is 0 Å². The minimum absolute atomic E-state index is 0.0315. The molecular weight excluding hydrogens is 612 g/mol. The summed E-state index contributed by atoms with van der Waals surface area (Å²) in [5.41, 5.74) is 3.42. The largest absolute Gasteiger partial charge is 0.490 e. The van der Waals surface area contributed by atoms with E-state index in [9.17, 15) is 13.2 Å². The number of aryl methyl sites for hydroxylation is 1. The van der Waals surface area contributed by atoms with E-state index in [1.807, 2.05) is 25.1 Å². The van der Waals surface area contributed by atoms with Crippen molar-refractivity contribution in [1.82, 2.24) is 4.72 Å². The summed E-state index contributed by atoms with van der Waals surface area (Å²) in [7, 11) is -0.671. The summed E-state index contributed by atoms with van der Waals surface area (Å²) < 4.78 is 47.4. The van der Waals surface area contributed by atoms with Crippen molar-refractivity contribution in [3.05, 3.63) is 70.3 Å². The molecule has 4 unspecified atom stereocenters. The Morgan fingerprint density at radius 3 is 2.73 bits per heavy atom. The molecule has 0 radical (unpaired) electrons. The molecule has 1 N–H and O–H groups in total. The summed E-state index contributed by atoms with van der Waals surface area (Å²) in [4.78, 5) is 16.0. The van der Waals surface area contributed by atoms with Crippen LogP contribution in [0.5, 0.6) is 5.75 Å². The average Bonchev–Trinajstić information content (AvgIpc) is 3.15. The number of hydrogen-bond donors (Lipinski definition) is 1. The number of hydrogen-bond acceptors (Lipinski definition) is 7. The second-order valence-corrected chi connectivity index (χ2v) is 15.9. The zero-order chi connectivity index (χ0) is 31.8. The van der Waals surface area contributed by atoms with Gasteiger partial charge in [0.15, 0.2) is 0 Å². The number of carbonyl (C=O) groups excluding carboxylic acids is 1. The van der Waals surface area contributed by atoms with Gasteiger partial charge in [-0.1, -0.05) is 36.7 Å². The molecule has 2 aliphatic heterocycles. The standard InChI is InChI=1S/C35H45ClN2O6S/c1-23-6-12-32(43-3)29-10-7-26(29)20-38-21-35(15-4-5-24-18-27(36)9-11-30(24)35)22-44-33-13-8-25(19-31(33)38)34(39)37-45(40,41)28(17-23)14-16-42-2/h6,8-9,11-13,18-19,23,26,28-29,32H,4-5,7,10,14-17,20-22H2,1-3H3,(H,37,39)/b12-6+/t23-,26?,28-,29?,32?,35?/m0/s1. The second-order valence-electron chi connectivity index (χ2n) is 13.5. The minimum Gasteiger partial charge on any atom is -0.490 e. The third kappa shape index (κ3) is 6.64. The van der Waals surface area contributed by atoms with Gasteiger partial charge in [-0.25, -0.2) is 13.1 Å². The Morgan fingerprint density at radius 1 is 1.13 bits per heavy atom. The number of allylic oxidation sites excluding steroid dienone is 1. The summed E-state index contributed by atoms with van der Waals surface area (Å²) in [6, 6.07) is 11.5. The van der Waals surface area contributed by atoms with Gasteiger partial charge < -0.3 is 19.1 Å². The molecular formula is C35H45ClN2O6S. The van der Waals surface area contributed by atoms with E-state index in [4.69, 9.17) is 25.8 Å². The lowest BCUT2D eigenvalue weighted by molar-refractivity contribution is 0.0130. The molecule has 2 aliphatic carbocycles. The summed E-state index contributed by atoms with van der Waals surface area (Å²) in [6.07, 6.45) is 9.96. The molecule has 0 aromatic heterocycles. The number of carbonyl (C=O) groups is 1. The van der Waals surface area contributed by atoms with Crippen molar-refractivity contribution in [2.75, 3.05) is 45.4 Å². The Bertz CT molecular complexity index is 1550. The van der Waals surface area contributed by atoms with Crippen molar-refractivity contribution in [2.45, 2.75) is 68.6 Å². The number of nitrogens with zero attached hydrogens (tertiary/aromatic N) is 1. The van der Waals surface area contributed by atoms with Crippen LogP contribution in [0.3, 0.4) is 0 Å². The molecule has 1 amide bonds. The zero-order valence-electron chi connectivity index (χ0n) is 26.5. The topological polar surface area (TPSA) is 94.2 Å². The van der Waals surface area contributed by atoms with Gasteiger partial charge in [-0.05, 0) is 104 Å². The van der Waals surface area contributed by atoms with Crippen LogP contribution < -0.4 is 14.4 Å². The molecule has 8 nitrogen and oxygen atoms in total. The van der Waals surface area contributed by atoms with Crippen LogP contribution in [0, 0.1) is 17.8 Å². The van der Waals surface area contributed by atoms with Gasteiger partial charge in [-0.2, -0.15) is 0 Å². The molecule has 4 aliphatic rings. The number of benzene rings is 2. The monoisotopic (exact) mass is 656 g/mol. The Kier molecular flexibility index (Phi) is 9.53. The number of rotatable bonds is 4. The molecule has 2 bridgehead atoms. The first-order valence-electron chi connectivity index (χ1n) is 16.2. The van der Waals surface area contributed by atoms with E-state index in [2.05, 4.69) is 33.9 Å². The molecule has 6 atom stereocenters. The number of amides is 1. The highest BCUT2D eigenvalue weighted by Crippen LogP contribution is 2.47. The smallest absolute Gasteiger partial charge is 0.264 e. The third-order valence-electron chi connectivity index (χ3n) is 10.5. The van der Waals surface area contributed by atoms with Crippen molar-refractivity contribution in [2.24, 2.45) is 17.8 Å². The minimum atomic E-state index is -3.98. The van der Waals surface area contributed by atoms with Crippen LogP contribution in [-0.4, -0.2) is 66.2 Å². The number of anilines is 1. The third-order valence-corrected chi connectivity index (χ3v) is 12.5. The van der Waals surface area contributed by atoms with Crippen LogP contribution in [0.15, 0.2) is 48.6 Å². The molecule has 45 heavy (non-hydrogen) atoms. The fourth-order valence-corrected chi connectivity index (χ4v) is 9.60. The van der Waals surface area contributed by atoms with Gasteiger partial charge in [0.1, 0.15) is 5.75 Å². The van der Waals surface area contributed by atoms with E-state index in [0.29, 0.717) is 36.2 Å². The van der Waals surface area contributed by atoms with Gasteiger partial charge in [0, 0.05) is 49.9 Å². The van der Waals surface area contributed by atoms with Crippen molar-refractivity contribution in [3.8, 4) is 5.75 Å². The fourth-order valence-electron chi connectivity index (χ4n) is 7.90. The highest BCUT2D eigenvalue weighted by atomic mass is 35.5. The molecule has 2 aromatic carbocycles. The summed E-state index contributed by atoms with van der Waals surface area (Å²) in [5, 5.41) is -0.0409. The quantitative estimate of drug-likeness (QED) is 0.409. The van der Waals surface area contributed by atoms with Crippen molar-refractivity contribution in [3.63, 3.8) is 0 Å². The van der Waals surface area contributed by atoms with E-state index >= 15 is 0 Å². The van der Waals surface area contributed by atoms with Gasteiger partial charge in [0.2, 0.25) is 10.0 Å². The van der Waals surface area contributed by atoms with E-state index < -0.39 is 21.2 Å². The summed E-state index contributed by atoms with van der Waals surface area (Å²) >= 11 is 6.42. The van der Waals surface area contributed by atoms with E-state index in [1.165, 1.54) is 11.1 Å². The number of fused-ring (bicyclic) bond motifs is 4. The SMILES string of the molecule is COCC[C@H]1C[C@@H](C)/C=C/C(OC)C2CCC2CN2CC3(CCCc4cc(Cl)ccc43)COc3ccc(cc32)C(=O)NS1(=O)=O. The molecule has 2 heterocycles. The van der Waals surface area contributed by atoms with Gasteiger partial charge in [-0.3, -0.25) is 4.79 Å². The first-order valence-corrected chi connectivity index (χ1v) is 18.1. The number of ether oxygens (including phenoxy) is 3. The molecule has 1 saturated carbocycles.